The summed E-state index contributed by atoms with van der Waals surface area (Å²) in [6.45, 7) is 4.05. The molecule has 5 nitrogen and oxygen atoms in total. The molecule has 5 heteroatoms. The van der Waals surface area contributed by atoms with E-state index >= 15 is 0 Å². The van der Waals surface area contributed by atoms with E-state index in [1.807, 2.05) is 13.8 Å². The van der Waals surface area contributed by atoms with Gasteiger partial charge in [-0.15, -0.1) is 0 Å². The minimum Gasteiger partial charge on any atom is -0.349 e. The number of rotatable bonds is 6. The Labute approximate surface area is 130 Å². The Kier molecular flexibility index (Phi) is 4.14. The molecule has 0 spiro atoms. The minimum absolute atomic E-state index is 0.156. The van der Waals surface area contributed by atoms with Crippen molar-refractivity contribution < 1.29 is 9.59 Å². The molecule has 0 aromatic carbocycles. The van der Waals surface area contributed by atoms with E-state index in [-0.39, 0.29) is 23.9 Å². The predicted molar refractivity (Wildman–Crippen MR) is 83.5 cm³/mol. The third kappa shape index (κ3) is 3.64. The van der Waals surface area contributed by atoms with Crippen molar-refractivity contribution in [2.45, 2.75) is 51.6 Å². The molecule has 0 radical (unpaired) electrons. The minimum atomic E-state index is -0.156. The van der Waals surface area contributed by atoms with Crippen LogP contribution >= 0.6 is 0 Å². The van der Waals surface area contributed by atoms with Crippen molar-refractivity contribution in [3.63, 3.8) is 0 Å². The van der Waals surface area contributed by atoms with Crippen LogP contribution in [0.1, 0.15) is 60.2 Å². The van der Waals surface area contributed by atoms with Gasteiger partial charge < -0.3 is 10.6 Å². The van der Waals surface area contributed by atoms with Crippen molar-refractivity contribution in [2.24, 2.45) is 11.8 Å². The van der Waals surface area contributed by atoms with Crippen LogP contribution in [0.3, 0.4) is 0 Å². The number of hydrogen-bond acceptors (Lipinski definition) is 3. The van der Waals surface area contributed by atoms with Gasteiger partial charge in [-0.1, -0.05) is 0 Å². The van der Waals surface area contributed by atoms with Crippen molar-refractivity contribution in [3.05, 3.63) is 29.6 Å². The average molecular weight is 301 g/mol. The highest BCUT2D eigenvalue weighted by Crippen LogP contribution is 2.33. The van der Waals surface area contributed by atoms with Crippen molar-refractivity contribution in [2.75, 3.05) is 0 Å². The van der Waals surface area contributed by atoms with Crippen LogP contribution in [0.25, 0.3) is 0 Å². The van der Waals surface area contributed by atoms with Crippen molar-refractivity contribution in [3.8, 4) is 0 Å². The number of aromatic nitrogens is 1. The molecule has 3 rings (SSSR count). The number of nitrogens with one attached hydrogen (secondary N) is 2. The summed E-state index contributed by atoms with van der Waals surface area (Å²) in [6, 6.07) is 1.98. The highest BCUT2D eigenvalue weighted by molar-refractivity contribution is 5.99. The van der Waals surface area contributed by atoms with Crippen LogP contribution < -0.4 is 10.6 Å². The van der Waals surface area contributed by atoms with Gasteiger partial charge in [-0.2, -0.15) is 0 Å². The Morgan fingerprint density at radius 1 is 0.955 bits per heavy atom. The van der Waals surface area contributed by atoms with Gasteiger partial charge in [0.2, 0.25) is 0 Å². The first-order chi connectivity index (χ1) is 10.5. The Bertz CT molecular complexity index is 532. The molecule has 2 fully saturated rings. The second-order valence-electron chi connectivity index (χ2n) is 6.66. The quantitative estimate of drug-likeness (QED) is 0.845. The first-order valence-corrected chi connectivity index (χ1v) is 8.11. The fraction of sp³-hybridized carbons (Fsp3) is 0.588. The van der Waals surface area contributed by atoms with Crippen LogP contribution in [0, 0.1) is 11.8 Å². The first kappa shape index (κ1) is 15.0. The fourth-order valence-electron chi connectivity index (χ4n) is 2.70. The van der Waals surface area contributed by atoms with Gasteiger partial charge in [0.25, 0.3) is 11.8 Å². The van der Waals surface area contributed by atoms with E-state index in [1.54, 1.807) is 6.07 Å². The Morgan fingerprint density at radius 2 is 1.36 bits per heavy atom. The van der Waals surface area contributed by atoms with Gasteiger partial charge in [0.15, 0.2) is 0 Å². The van der Waals surface area contributed by atoms with E-state index in [4.69, 9.17) is 0 Å². The number of carbonyl (C=O) groups is 2. The van der Waals surface area contributed by atoms with Gasteiger partial charge in [0.05, 0.1) is 11.1 Å². The zero-order valence-corrected chi connectivity index (χ0v) is 13.1. The summed E-state index contributed by atoms with van der Waals surface area (Å²) in [7, 11) is 0. The molecular formula is C17H23N3O2. The van der Waals surface area contributed by atoms with Gasteiger partial charge in [-0.25, -0.2) is 0 Å². The molecule has 2 unspecified atom stereocenters. The molecule has 118 valence electrons. The van der Waals surface area contributed by atoms with Gasteiger partial charge in [0.1, 0.15) is 0 Å². The predicted octanol–water partition coefficient (Wildman–Crippen LogP) is 2.14. The summed E-state index contributed by atoms with van der Waals surface area (Å²) >= 11 is 0. The van der Waals surface area contributed by atoms with Gasteiger partial charge in [-0.3, -0.25) is 14.6 Å². The average Bonchev–Trinajstić information content (AvgIpc) is 3.39. The molecule has 0 bridgehead atoms. The number of nitrogens with zero attached hydrogens (tertiary/aromatic N) is 1. The Balaban J connectivity index is 1.63. The van der Waals surface area contributed by atoms with E-state index in [9.17, 15) is 9.59 Å². The van der Waals surface area contributed by atoms with E-state index in [0.29, 0.717) is 23.0 Å². The Hall–Kier alpha value is -1.91. The maximum atomic E-state index is 12.2. The lowest BCUT2D eigenvalue weighted by molar-refractivity contribution is 0.0935. The van der Waals surface area contributed by atoms with Gasteiger partial charge in [0, 0.05) is 24.5 Å². The van der Waals surface area contributed by atoms with Crippen LogP contribution in [0.15, 0.2) is 18.5 Å². The van der Waals surface area contributed by atoms with Gasteiger partial charge in [-0.05, 0) is 57.4 Å². The van der Waals surface area contributed by atoms with Gasteiger partial charge >= 0.3 is 0 Å². The van der Waals surface area contributed by atoms with Crippen LogP contribution in [0.4, 0.5) is 0 Å². The highest BCUT2D eigenvalue weighted by atomic mass is 16.2. The second kappa shape index (κ2) is 6.07. The Morgan fingerprint density at radius 3 is 1.73 bits per heavy atom. The SMILES string of the molecule is CC(NC(=O)c1cncc(C(=O)NC(C)C2CC2)c1)C1CC1. The molecule has 2 atom stereocenters. The number of amides is 2. The van der Waals surface area contributed by atoms with E-state index in [0.717, 1.165) is 0 Å². The molecule has 2 saturated carbocycles. The summed E-state index contributed by atoms with van der Waals surface area (Å²) in [5.41, 5.74) is 0.887. The zero-order valence-electron chi connectivity index (χ0n) is 13.1. The highest BCUT2D eigenvalue weighted by Gasteiger charge is 2.30. The van der Waals surface area contributed by atoms with Crippen molar-refractivity contribution in [1.82, 2.24) is 15.6 Å². The third-order valence-corrected chi connectivity index (χ3v) is 4.64. The zero-order chi connectivity index (χ0) is 15.7. The van der Waals surface area contributed by atoms with E-state index in [1.165, 1.54) is 38.1 Å². The van der Waals surface area contributed by atoms with E-state index < -0.39 is 0 Å². The summed E-state index contributed by atoms with van der Waals surface area (Å²) < 4.78 is 0. The number of carbonyl (C=O) groups excluding carboxylic acids is 2. The molecule has 1 aromatic heterocycles. The third-order valence-electron chi connectivity index (χ3n) is 4.64. The van der Waals surface area contributed by atoms with Crippen molar-refractivity contribution in [1.29, 1.82) is 0 Å². The lowest BCUT2D eigenvalue weighted by atomic mass is 10.1. The molecule has 22 heavy (non-hydrogen) atoms. The molecule has 1 heterocycles. The van der Waals surface area contributed by atoms with E-state index in [2.05, 4.69) is 15.6 Å². The van der Waals surface area contributed by atoms with Crippen LogP contribution in [0.2, 0.25) is 0 Å². The summed E-state index contributed by atoms with van der Waals surface area (Å²) in [5.74, 6) is 0.888. The molecular weight excluding hydrogens is 278 g/mol. The topological polar surface area (TPSA) is 71.1 Å². The molecule has 0 saturated heterocycles. The second-order valence-corrected chi connectivity index (χ2v) is 6.66. The van der Waals surface area contributed by atoms with Crippen LogP contribution in [0.5, 0.6) is 0 Å². The summed E-state index contributed by atoms with van der Waals surface area (Å²) in [5, 5.41) is 5.97. The summed E-state index contributed by atoms with van der Waals surface area (Å²) in [4.78, 5) is 28.5. The van der Waals surface area contributed by atoms with Crippen molar-refractivity contribution >= 4 is 11.8 Å². The monoisotopic (exact) mass is 301 g/mol. The molecule has 2 aliphatic carbocycles. The molecule has 2 N–H and O–H groups in total. The molecule has 2 aliphatic rings. The smallest absolute Gasteiger partial charge is 0.253 e. The standard InChI is InChI=1S/C17H23N3O2/c1-10(12-3-4-12)19-16(21)14-7-15(9-18-8-14)17(22)20-11(2)13-5-6-13/h7-13H,3-6H2,1-2H3,(H,19,21)(H,20,22). The first-order valence-electron chi connectivity index (χ1n) is 8.11. The maximum Gasteiger partial charge on any atom is 0.253 e. The normalized spacial score (nSPS) is 20.1. The molecule has 1 aromatic rings. The maximum absolute atomic E-state index is 12.2. The lowest BCUT2D eigenvalue weighted by Crippen LogP contribution is -2.35. The van der Waals surface area contributed by atoms with Crippen LogP contribution in [-0.4, -0.2) is 28.9 Å². The molecule has 2 amide bonds. The summed E-state index contributed by atoms with van der Waals surface area (Å²) in [6.07, 6.45) is 7.75. The lowest BCUT2D eigenvalue weighted by Gasteiger charge is -2.14. The van der Waals surface area contributed by atoms with Crippen LogP contribution in [-0.2, 0) is 0 Å². The fourth-order valence-corrected chi connectivity index (χ4v) is 2.70. The number of hydrogen-bond donors (Lipinski definition) is 2. The molecule has 0 aliphatic heterocycles. The number of pyridine rings is 1. The largest absolute Gasteiger partial charge is 0.349 e.